The average Bonchev–Trinajstić information content (AvgIpc) is 2.25. The van der Waals surface area contributed by atoms with Crippen LogP contribution in [0, 0.1) is 5.82 Å². The number of nitrogens with zero attached hydrogens (tertiary/aromatic N) is 2. The second-order valence-electron chi connectivity index (χ2n) is 2.96. The Balaban J connectivity index is 2.31. The molecule has 2 N–H and O–H groups in total. The van der Waals surface area contributed by atoms with Gasteiger partial charge in [-0.25, -0.2) is 9.37 Å². The molecule has 0 aliphatic rings. The number of rotatable bonds is 2. The average molecular weight is 240 g/mol. The minimum Gasteiger partial charge on any atom is -0.435 e. The number of anilines is 1. The van der Waals surface area contributed by atoms with Crippen LogP contribution >= 0.6 is 11.6 Å². The summed E-state index contributed by atoms with van der Waals surface area (Å²) in [5.74, 6) is 0.0324. The van der Waals surface area contributed by atoms with E-state index in [1.807, 2.05) is 0 Å². The predicted octanol–water partition coefficient (Wildman–Crippen LogP) is 2.64. The van der Waals surface area contributed by atoms with E-state index in [1.165, 1.54) is 24.7 Å². The Morgan fingerprint density at radius 3 is 2.88 bits per heavy atom. The highest BCUT2D eigenvalue weighted by molar-refractivity contribution is 6.32. The highest BCUT2D eigenvalue weighted by Crippen LogP contribution is 2.30. The zero-order valence-corrected chi connectivity index (χ0v) is 8.78. The van der Waals surface area contributed by atoms with Gasteiger partial charge in [-0.15, -0.1) is 0 Å². The van der Waals surface area contributed by atoms with Gasteiger partial charge in [-0.3, -0.25) is 0 Å². The van der Waals surface area contributed by atoms with Crippen LogP contribution in [-0.4, -0.2) is 9.97 Å². The minimum atomic E-state index is -0.437. The Hall–Kier alpha value is -1.88. The molecule has 0 bridgehead atoms. The number of hydrogen-bond acceptors (Lipinski definition) is 4. The SMILES string of the molecule is Nc1cncnc1Oc1ccc(F)cc1Cl. The van der Waals surface area contributed by atoms with E-state index < -0.39 is 5.82 Å². The molecule has 0 aliphatic carbocycles. The van der Waals surface area contributed by atoms with Crippen molar-refractivity contribution in [2.24, 2.45) is 0 Å². The van der Waals surface area contributed by atoms with Gasteiger partial charge in [-0.1, -0.05) is 11.6 Å². The molecule has 1 heterocycles. The van der Waals surface area contributed by atoms with Gasteiger partial charge >= 0.3 is 0 Å². The van der Waals surface area contributed by atoms with Gasteiger partial charge in [0.2, 0.25) is 5.88 Å². The number of halogens is 2. The van der Waals surface area contributed by atoms with Crippen molar-refractivity contribution in [3.63, 3.8) is 0 Å². The molecular weight excluding hydrogens is 233 g/mol. The van der Waals surface area contributed by atoms with Crippen molar-refractivity contribution in [2.75, 3.05) is 5.73 Å². The third-order valence-corrected chi connectivity index (χ3v) is 2.10. The molecule has 0 fully saturated rings. The molecule has 1 aromatic heterocycles. The molecule has 0 radical (unpaired) electrons. The summed E-state index contributed by atoms with van der Waals surface area (Å²) in [7, 11) is 0. The molecule has 0 unspecified atom stereocenters. The van der Waals surface area contributed by atoms with Crippen LogP contribution in [-0.2, 0) is 0 Å². The first kappa shape index (κ1) is 10.6. The third-order valence-electron chi connectivity index (χ3n) is 1.80. The summed E-state index contributed by atoms with van der Waals surface area (Å²) in [6.07, 6.45) is 2.70. The Kier molecular flexibility index (Phi) is 2.87. The first-order valence-corrected chi connectivity index (χ1v) is 4.73. The van der Waals surface area contributed by atoms with Crippen molar-refractivity contribution in [3.05, 3.63) is 41.6 Å². The molecule has 0 atom stereocenters. The van der Waals surface area contributed by atoms with Crippen LogP contribution in [0.2, 0.25) is 5.02 Å². The second-order valence-corrected chi connectivity index (χ2v) is 3.37. The summed E-state index contributed by atoms with van der Waals surface area (Å²) >= 11 is 5.78. The fourth-order valence-electron chi connectivity index (χ4n) is 1.08. The quantitative estimate of drug-likeness (QED) is 0.875. The molecule has 6 heteroatoms. The lowest BCUT2D eigenvalue weighted by atomic mass is 10.3. The molecule has 4 nitrogen and oxygen atoms in total. The van der Waals surface area contributed by atoms with Gasteiger partial charge in [0.25, 0.3) is 0 Å². The van der Waals surface area contributed by atoms with Crippen LogP contribution in [0.4, 0.5) is 10.1 Å². The van der Waals surface area contributed by atoms with Gasteiger partial charge in [-0.2, -0.15) is 4.98 Å². The lowest BCUT2D eigenvalue weighted by Gasteiger charge is -2.07. The normalized spacial score (nSPS) is 10.1. The van der Waals surface area contributed by atoms with Crippen molar-refractivity contribution >= 4 is 17.3 Å². The highest BCUT2D eigenvalue weighted by Gasteiger charge is 2.07. The summed E-state index contributed by atoms with van der Waals surface area (Å²) in [5, 5.41) is 0.151. The molecule has 2 aromatic rings. The zero-order valence-electron chi connectivity index (χ0n) is 8.02. The molecule has 0 aliphatic heterocycles. The van der Waals surface area contributed by atoms with E-state index in [0.29, 0.717) is 0 Å². The Morgan fingerprint density at radius 2 is 2.19 bits per heavy atom. The lowest BCUT2D eigenvalue weighted by Crippen LogP contribution is -1.96. The van der Waals surface area contributed by atoms with E-state index in [0.717, 1.165) is 6.07 Å². The predicted molar refractivity (Wildman–Crippen MR) is 57.9 cm³/mol. The van der Waals surface area contributed by atoms with Crippen LogP contribution in [0.1, 0.15) is 0 Å². The van der Waals surface area contributed by atoms with Crippen molar-refractivity contribution in [2.45, 2.75) is 0 Å². The largest absolute Gasteiger partial charge is 0.435 e. The van der Waals surface area contributed by atoms with E-state index in [2.05, 4.69) is 9.97 Å². The van der Waals surface area contributed by atoms with E-state index in [1.54, 1.807) is 0 Å². The van der Waals surface area contributed by atoms with Gasteiger partial charge in [0, 0.05) is 0 Å². The smallest absolute Gasteiger partial charge is 0.245 e. The molecule has 2 rings (SSSR count). The summed E-state index contributed by atoms with van der Waals surface area (Å²) in [5.41, 5.74) is 5.86. The maximum absolute atomic E-state index is 12.8. The number of nitrogens with two attached hydrogens (primary N) is 1. The molecule has 16 heavy (non-hydrogen) atoms. The van der Waals surface area contributed by atoms with Crippen LogP contribution in [0.3, 0.4) is 0 Å². The van der Waals surface area contributed by atoms with Crippen molar-refractivity contribution < 1.29 is 9.13 Å². The molecule has 0 saturated carbocycles. The zero-order chi connectivity index (χ0) is 11.5. The molecular formula is C10H7ClFN3O. The van der Waals surface area contributed by atoms with Crippen LogP contribution in [0.25, 0.3) is 0 Å². The highest BCUT2D eigenvalue weighted by atomic mass is 35.5. The topological polar surface area (TPSA) is 61.0 Å². The van der Waals surface area contributed by atoms with Crippen LogP contribution < -0.4 is 10.5 Å². The third kappa shape index (κ3) is 2.20. The van der Waals surface area contributed by atoms with E-state index in [4.69, 9.17) is 22.1 Å². The minimum absolute atomic E-state index is 0.151. The Bertz CT molecular complexity index is 521. The van der Waals surface area contributed by atoms with Crippen molar-refractivity contribution in [1.29, 1.82) is 0 Å². The Labute approximate surface area is 95.9 Å². The summed E-state index contributed by atoms with van der Waals surface area (Å²) in [6, 6.07) is 3.78. The molecule has 82 valence electrons. The molecule has 0 saturated heterocycles. The maximum Gasteiger partial charge on any atom is 0.245 e. The number of ether oxygens (including phenoxy) is 1. The fourth-order valence-corrected chi connectivity index (χ4v) is 1.28. The first-order valence-electron chi connectivity index (χ1n) is 4.35. The monoisotopic (exact) mass is 239 g/mol. The lowest BCUT2D eigenvalue weighted by molar-refractivity contribution is 0.463. The standard InChI is InChI=1S/C10H7ClFN3O/c11-7-3-6(12)1-2-9(7)16-10-8(13)4-14-5-15-10/h1-5H,13H2. The van der Waals surface area contributed by atoms with Crippen LogP contribution in [0.5, 0.6) is 11.6 Å². The van der Waals surface area contributed by atoms with Gasteiger partial charge in [0.15, 0.2) is 0 Å². The van der Waals surface area contributed by atoms with E-state index in [-0.39, 0.29) is 22.3 Å². The summed E-state index contributed by atoms with van der Waals surface area (Å²) in [4.78, 5) is 7.54. The maximum atomic E-state index is 12.8. The van der Waals surface area contributed by atoms with E-state index in [9.17, 15) is 4.39 Å². The van der Waals surface area contributed by atoms with Gasteiger partial charge in [0.1, 0.15) is 23.6 Å². The molecule has 1 aromatic carbocycles. The number of aromatic nitrogens is 2. The Morgan fingerprint density at radius 1 is 1.38 bits per heavy atom. The molecule has 0 amide bonds. The first-order chi connectivity index (χ1) is 7.66. The molecule has 0 spiro atoms. The number of nitrogen functional groups attached to an aromatic ring is 1. The van der Waals surface area contributed by atoms with Gasteiger partial charge in [0.05, 0.1) is 11.2 Å². The van der Waals surface area contributed by atoms with Crippen molar-refractivity contribution in [3.8, 4) is 11.6 Å². The fraction of sp³-hybridized carbons (Fsp3) is 0. The summed E-state index contributed by atoms with van der Waals surface area (Å²) in [6.45, 7) is 0. The number of benzene rings is 1. The summed E-state index contributed by atoms with van der Waals surface area (Å²) < 4.78 is 18.1. The van der Waals surface area contributed by atoms with Crippen molar-refractivity contribution in [1.82, 2.24) is 9.97 Å². The number of hydrogen-bond donors (Lipinski definition) is 1. The second kappa shape index (κ2) is 4.32. The van der Waals surface area contributed by atoms with E-state index >= 15 is 0 Å². The van der Waals surface area contributed by atoms with Gasteiger partial charge < -0.3 is 10.5 Å². The van der Waals surface area contributed by atoms with Gasteiger partial charge in [-0.05, 0) is 18.2 Å². The van der Waals surface area contributed by atoms with Crippen LogP contribution in [0.15, 0.2) is 30.7 Å².